The van der Waals surface area contributed by atoms with Gasteiger partial charge in [-0.1, -0.05) is 6.07 Å². The summed E-state index contributed by atoms with van der Waals surface area (Å²) in [4.78, 5) is 27.6. The first-order valence-electron chi connectivity index (χ1n) is 10.2. The highest BCUT2D eigenvalue weighted by molar-refractivity contribution is 5.97. The van der Waals surface area contributed by atoms with Crippen LogP contribution in [0.15, 0.2) is 24.3 Å². The molecule has 5 unspecified atom stereocenters. The van der Waals surface area contributed by atoms with Crippen LogP contribution < -0.4 is 21.3 Å². The van der Waals surface area contributed by atoms with Crippen molar-refractivity contribution in [1.29, 1.82) is 0 Å². The van der Waals surface area contributed by atoms with Crippen LogP contribution in [0.3, 0.4) is 0 Å². The second kappa shape index (κ2) is 10.0. The maximum absolute atomic E-state index is 12.7. The Morgan fingerprint density at radius 3 is 2.48 bits per heavy atom. The largest absolute Gasteiger partial charge is 0.371 e. The van der Waals surface area contributed by atoms with Crippen molar-refractivity contribution in [1.82, 2.24) is 5.32 Å². The van der Waals surface area contributed by atoms with E-state index in [2.05, 4.69) is 21.6 Å². The highest BCUT2D eigenvalue weighted by Crippen LogP contribution is 2.47. The Morgan fingerprint density at radius 1 is 1.14 bits per heavy atom. The molecule has 2 saturated carbocycles. The van der Waals surface area contributed by atoms with E-state index in [1.54, 1.807) is 6.92 Å². The lowest BCUT2D eigenvalue weighted by Gasteiger charge is -2.28. The molecule has 4 rings (SSSR count). The molecular formula is C21H32Cl2N4O2. The van der Waals surface area contributed by atoms with E-state index >= 15 is 0 Å². The fraction of sp³-hybridized carbons (Fsp3) is 0.619. The molecule has 0 aromatic heterocycles. The number of rotatable bonds is 5. The molecule has 1 aromatic rings. The smallest absolute Gasteiger partial charge is 0.246 e. The van der Waals surface area contributed by atoms with E-state index in [-0.39, 0.29) is 48.6 Å². The molecule has 3 fully saturated rings. The van der Waals surface area contributed by atoms with Crippen molar-refractivity contribution in [3.05, 3.63) is 24.3 Å². The molecule has 1 saturated heterocycles. The molecule has 0 spiro atoms. The van der Waals surface area contributed by atoms with Crippen LogP contribution in [0.2, 0.25) is 0 Å². The molecule has 2 amide bonds. The Balaban J connectivity index is 0.00000150. The number of nitrogens with zero attached hydrogens (tertiary/aromatic N) is 1. The summed E-state index contributed by atoms with van der Waals surface area (Å²) in [5, 5.41) is 5.82. The third-order valence-electron chi connectivity index (χ3n) is 6.62. The second-order valence-corrected chi connectivity index (χ2v) is 8.40. The molecule has 8 heteroatoms. The first-order valence-corrected chi connectivity index (χ1v) is 10.2. The number of hydrogen-bond acceptors (Lipinski definition) is 4. The molecule has 6 nitrogen and oxygen atoms in total. The number of amides is 2. The van der Waals surface area contributed by atoms with Crippen molar-refractivity contribution >= 4 is 48.0 Å². The standard InChI is InChI=1S/C21H30N4O2.2ClH/c1-13(23-21(27)18-14-7-8-15(11-14)19(18)22)20(26)24-16-5-4-6-17(12-16)25-9-2-3-10-25;;/h4-6,12-15,18-19H,2-3,7-11,22H2,1H3,(H,23,27)(H,24,26);2*1H. The van der Waals surface area contributed by atoms with E-state index in [0.29, 0.717) is 11.8 Å². The van der Waals surface area contributed by atoms with E-state index in [1.165, 1.54) is 12.8 Å². The SMILES string of the molecule is CC(NC(=O)C1C2CCC(C2)C1N)C(=O)Nc1cccc(N2CCCC2)c1.Cl.Cl. The van der Waals surface area contributed by atoms with E-state index < -0.39 is 6.04 Å². The Bertz CT molecular complexity index is 724. The lowest BCUT2D eigenvalue weighted by molar-refractivity contribution is -0.130. The second-order valence-electron chi connectivity index (χ2n) is 8.40. The zero-order valence-electron chi connectivity index (χ0n) is 16.8. The quantitative estimate of drug-likeness (QED) is 0.653. The van der Waals surface area contributed by atoms with Crippen molar-refractivity contribution < 1.29 is 9.59 Å². The van der Waals surface area contributed by atoms with Crippen LogP contribution in [0.4, 0.5) is 11.4 Å². The Hall–Kier alpha value is -1.50. The van der Waals surface area contributed by atoms with Gasteiger partial charge in [0, 0.05) is 30.5 Å². The van der Waals surface area contributed by atoms with Crippen LogP contribution in [0.1, 0.15) is 39.0 Å². The number of hydrogen-bond donors (Lipinski definition) is 3. The first-order chi connectivity index (χ1) is 13.0. The van der Waals surface area contributed by atoms with E-state index in [1.807, 2.05) is 18.2 Å². The van der Waals surface area contributed by atoms with Gasteiger partial charge in [-0.3, -0.25) is 9.59 Å². The Morgan fingerprint density at radius 2 is 1.83 bits per heavy atom. The predicted octanol–water partition coefficient (Wildman–Crippen LogP) is 2.95. The number of nitrogens with two attached hydrogens (primary N) is 1. The Labute approximate surface area is 185 Å². The van der Waals surface area contributed by atoms with Gasteiger partial charge in [-0.25, -0.2) is 0 Å². The summed E-state index contributed by atoms with van der Waals surface area (Å²) in [7, 11) is 0. The molecule has 2 aliphatic carbocycles. The minimum atomic E-state index is -0.584. The maximum atomic E-state index is 12.7. The van der Waals surface area contributed by atoms with E-state index in [9.17, 15) is 9.59 Å². The number of carbonyl (C=O) groups is 2. The summed E-state index contributed by atoms with van der Waals surface area (Å²) >= 11 is 0. The molecular weight excluding hydrogens is 411 g/mol. The number of benzene rings is 1. The van der Waals surface area contributed by atoms with E-state index in [4.69, 9.17) is 5.73 Å². The summed E-state index contributed by atoms with van der Waals surface area (Å²) in [6, 6.07) is 7.28. The normalized spacial score (nSPS) is 28.3. The van der Waals surface area contributed by atoms with Crippen molar-refractivity contribution in [2.75, 3.05) is 23.3 Å². The van der Waals surface area contributed by atoms with Crippen LogP contribution in [-0.2, 0) is 9.59 Å². The topological polar surface area (TPSA) is 87.5 Å². The minimum absolute atomic E-state index is 0. The minimum Gasteiger partial charge on any atom is -0.371 e. The van der Waals surface area contributed by atoms with Gasteiger partial charge >= 0.3 is 0 Å². The van der Waals surface area contributed by atoms with Gasteiger partial charge in [0.05, 0.1) is 5.92 Å². The number of nitrogens with one attached hydrogen (secondary N) is 2. The summed E-state index contributed by atoms with van der Waals surface area (Å²) < 4.78 is 0. The lowest BCUT2D eigenvalue weighted by atomic mass is 9.84. The molecule has 162 valence electrons. The fourth-order valence-electron chi connectivity index (χ4n) is 5.11. The summed E-state index contributed by atoms with van der Waals surface area (Å²) in [5.74, 6) is 0.458. The lowest BCUT2D eigenvalue weighted by Crippen LogP contribution is -2.50. The van der Waals surface area contributed by atoms with Crippen molar-refractivity contribution in [3.63, 3.8) is 0 Å². The van der Waals surface area contributed by atoms with Gasteiger partial charge in [-0.05, 0) is 69.1 Å². The zero-order valence-corrected chi connectivity index (χ0v) is 18.4. The van der Waals surface area contributed by atoms with Crippen LogP contribution in [0, 0.1) is 17.8 Å². The summed E-state index contributed by atoms with van der Waals surface area (Å²) in [5.41, 5.74) is 8.15. The van der Waals surface area contributed by atoms with Gasteiger partial charge < -0.3 is 21.3 Å². The first kappa shape index (κ1) is 23.8. The fourth-order valence-corrected chi connectivity index (χ4v) is 5.11. The maximum Gasteiger partial charge on any atom is 0.246 e. The van der Waals surface area contributed by atoms with Gasteiger partial charge in [0.1, 0.15) is 6.04 Å². The zero-order chi connectivity index (χ0) is 19.0. The van der Waals surface area contributed by atoms with Gasteiger partial charge in [0.2, 0.25) is 11.8 Å². The van der Waals surface area contributed by atoms with Crippen molar-refractivity contribution in [2.24, 2.45) is 23.5 Å². The van der Waals surface area contributed by atoms with Crippen LogP contribution in [-0.4, -0.2) is 37.0 Å². The van der Waals surface area contributed by atoms with Gasteiger partial charge in [-0.2, -0.15) is 0 Å². The number of anilines is 2. The van der Waals surface area contributed by atoms with Crippen molar-refractivity contribution in [3.8, 4) is 0 Å². The summed E-state index contributed by atoms with van der Waals surface area (Å²) in [6.07, 6.45) is 5.71. The number of carbonyl (C=O) groups excluding carboxylic acids is 2. The highest BCUT2D eigenvalue weighted by Gasteiger charge is 2.49. The van der Waals surface area contributed by atoms with Gasteiger partial charge in [0.15, 0.2) is 0 Å². The third-order valence-corrected chi connectivity index (χ3v) is 6.62. The predicted molar refractivity (Wildman–Crippen MR) is 121 cm³/mol. The molecule has 1 aliphatic heterocycles. The third kappa shape index (κ3) is 4.98. The Kier molecular flexibility index (Phi) is 8.20. The highest BCUT2D eigenvalue weighted by atomic mass is 35.5. The van der Waals surface area contributed by atoms with Crippen LogP contribution >= 0.6 is 24.8 Å². The molecule has 5 atom stereocenters. The molecule has 29 heavy (non-hydrogen) atoms. The molecule has 1 aromatic carbocycles. The molecule has 2 bridgehead atoms. The molecule has 4 N–H and O–H groups in total. The molecule has 1 heterocycles. The van der Waals surface area contributed by atoms with Gasteiger partial charge in [-0.15, -0.1) is 24.8 Å². The van der Waals surface area contributed by atoms with Gasteiger partial charge in [0.25, 0.3) is 0 Å². The van der Waals surface area contributed by atoms with E-state index in [0.717, 1.165) is 43.7 Å². The average molecular weight is 443 g/mol. The van der Waals surface area contributed by atoms with Crippen molar-refractivity contribution in [2.45, 2.75) is 51.1 Å². The monoisotopic (exact) mass is 442 g/mol. The average Bonchev–Trinajstić information content (AvgIpc) is 3.39. The number of halogens is 2. The van der Waals surface area contributed by atoms with Crippen LogP contribution in [0.5, 0.6) is 0 Å². The summed E-state index contributed by atoms with van der Waals surface area (Å²) in [6.45, 7) is 3.86. The number of fused-ring (bicyclic) bond motifs is 2. The van der Waals surface area contributed by atoms with Crippen LogP contribution in [0.25, 0.3) is 0 Å². The molecule has 0 radical (unpaired) electrons. The molecule has 3 aliphatic rings.